The first-order chi connectivity index (χ1) is 9.61. The molecule has 0 heterocycles. The predicted molar refractivity (Wildman–Crippen MR) is 87.9 cm³/mol. The first kappa shape index (κ1) is 15.4. The molecule has 2 aromatic rings. The molecule has 2 aromatic carbocycles. The standard InChI is InChI=1S/C17H19Cl2N/c1-12(13-6-4-3-5-7-13)17(20-2)10-14-8-9-15(18)11-16(14)19/h3-9,11-12,17,20H,10H2,1-2H3. The number of hydrogen-bond donors (Lipinski definition) is 1. The van der Waals surface area contributed by atoms with Crippen LogP contribution in [0, 0.1) is 0 Å². The summed E-state index contributed by atoms with van der Waals surface area (Å²) in [6.45, 7) is 2.24. The van der Waals surface area contributed by atoms with Crippen molar-refractivity contribution in [1.29, 1.82) is 0 Å². The fourth-order valence-corrected chi connectivity index (χ4v) is 2.93. The van der Waals surface area contributed by atoms with E-state index in [1.165, 1.54) is 5.56 Å². The third-order valence-electron chi connectivity index (χ3n) is 3.75. The highest BCUT2D eigenvalue weighted by molar-refractivity contribution is 6.35. The Hall–Kier alpha value is -1.02. The lowest BCUT2D eigenvalue weighted by Crippen LogP contribution is -2.33. The summed E-state index contributed by atoms with van der Waals surface area (Å²) in [5, 5.41) is 4.81. The van der Waals surface area contributed by atoms with Crippen LogP contribution in [-0.2, 0) is 6.42 Å². The number of hydrogen-bond acceptors (Lipinski definition) is 1. The van der Waals surface area contributed by atoms with Gasteiger partial charge in [0.15, 0.2) is 0 Å². The number of likely N-dealkylation sites (N-methyl/N-ethyl adjacent to an activating group) is 1. The average molecular weight is 308 g/mol. The summed E-state index contributed by atoms with van der Waals surface area (Å²) in [6.07, 6.45) is 0.878. The molecule has 0 aliphatic carbocycles. The quantitative estimate of drug-likeness (QED) is 0.826. The molecular formula is C17H19Cl2N. The zero-order valence-corrected chi connectivity index (χ0v) is 13.2. The van der Waals surface area contributed by atoms with Gasteiger partial charge in [-0.2, -0.15) is 0 Å². The second-order valence-electron chi connectivity index (χ2n) is 5.03. The highest BCUT2D eigenvalue weighted by Crippen LogP contribution is 2.26. The Morgan fingerprint density at radius 2 is 1.75 bits per heavy atom. The largest absolute Gasteiger partial charge is 0.316 e. The second-order valence-corrected chi connectivity index (χ2v) is 5.88. The van der Waals surface area contributed by atoms with Gasteiger partial charge in [0, 0.05) is 16.1 Å². The van der Waals surface area contributed by atoms with Crippen LogP contribution in [0.15, 0.2) is 48.5 Å². The fourth-order valence-electron chi connectivity index (χ4n) is 2.44. The lowest BCUT2D eigenvalue weighted by atomic mass is 9.89. The molecule has 0 aliphatic rings. The Bertz CT molecular complexity index is 554. The van der Waals surface area contributed by atoms with Crippen molar-refractivity contribution in [1.82, 2.24) is 5.32 Å². The molecule has 0 aromatic heterocycles. The lowest BCUT2D eigenvalue weighted by molar-refractivity contribution is 0.483. The van der Waals surface area contributed by atoms with E-state index >= 15 is 0 Å². The van der Waals surface area contributed by atoms with E-state index in [4.69, 9.17) is 23.2 Å². The molecule has 106 valence electrons. The Balaban J connectivity index is 2.16. The van der Waals surface area contributed by atoms with Gasteiger partial charge in [0.25, 0.3) is 0 Å². The Morgan fingerprint density at radius 1 is 1.05 bits per heavy atom. The van der Waals surface area contributed by atoms with Gasteiger partial charge in [-0.05, 0) is 42.6 Å². The minimum atomic E-state index is 0.330. The van der Waals surface area contributed by atoms with E-state index in [2.05, 4.69) is 36.5 Å². The molecule has 1 nitrogen and oxygen atoms in total. The highest BCUT2D eigenvalue weighted by atomic mass is 35.5. The van der Waals surface area contributed by atoms with E-state index in [0.717, 1.165) is 17.0 Å². The van der Waals surface area contributed by atoms with Crippen molar-refractivity contribution in [2.45, 2.75) is 25.3 Å². The molecule has 0 spiro atoms. The molecule has 2 atom stereocenters. The molecule has 0 saturated carbocycles. The van der Waals surface area contributed by atoms with E-state index in [-0.39, 0.29) is 0 Å². The van der Waals surface area contributed by atoms with Crippen LogP contribution in [0.1, 0.15) is 24.0 Å². The van der Waals surface area contributed by atoms with E-state index in [1.54, 1.807) is 6.07 Å². The Morgan fingerprint density at radius 3 is 2.35 bits per heavy atom. The van der Waals surface area contributed by atoms with E-state index in [1.807, 2.05) is 25.2 Å². The fraction of sp³-hybridized carbons (Fsp3) is 0.294. The van der Waals surface area contributed by atoms with Gasteiger partial charge >= 0.3 is 0 Å². The monoisotopic (exact) mass is 307 g/mol. The topological polar surface area (TPSA) is 12.0 Å². The minimum Gasteiger partial charge on any atom is -0.316 e. The lowest BCUT2D eigenvalue weighted by Gasteiger charge is -2.24. The third kappa shape index (κ3) is 3.76. The van der Waals surface area contributed by atoms with Gasteiger partial charge in [0.1, 0.15) is 0 Å². The van der Waals surface area contributed by atoms with Crippen LogP contribution in [-0.4, -0.2) is 13.1 Å². The highest BCUT2D eigenvalue weighted by Gasteiger charge is 2.18. The number of rotatable bonds is 5. The maximum atomic E-state index is 6.27. The van der Waals surface area contributed by atoms with E-state index < -0.39 is 0 Å². The van der Waals surface area contributed by atoms with Gasteiger partial charge in [-0.25, -0.2) is 0 Å². The average Bonchev–Trinajstić information content (AvgIpc) is 2.47. The minimum absolute atomic E-state index is 0.330. The summed E-state index contributed by atoms with van der Waals surface area (Å²) in [6, 6.07) is 16.6. The zero-order valence-electron chi connectivity index (χ0n) is 11.7. The molecular weight excluding hydrogens is 289 g/mol. The van der Waals surface area contributed by atoms with Crippen LogP contribution in [0.25, 0.3) is 0 Å². The number of nitrogens with one attached hydrogen (secondary N) is 1. The summed E-state index contributed by atoms with van der Waals surface area (Å²) in [4.78, 5) is 0. The molecule has 0 amide bonds. The number of halogens is 2. The van der Waals surface area contributed by atoms with Gasteiger partial charge in [-0.15, -0.1) is 0 Å². The van der Waals surface area contributed by atoms with Crippen molar-refractivity contribution < 1.29 is 0 Å². The Labute approximate surface area is 130 Å². The third-order valence-corrected chi connectivity index (χ3v) is 4.34. The summed E-state index contributed by atoms with van der Waals surface area (Å²) in [5.41, 5.74) is 2.45. The molecule has 0 fully saturated rings. The molecule has 0 aliphatic heterocycles. The maximum Gasteiger partial charge on any atom is 0.0453 e. The molecule has 0 saturated heterocycles. The normalized spacial score (nSPS) is 14.0. The first-order valence-electron chi connectivity index (χ1n) is 6.78. The van der Waals surface area contributed by atoms with E-state index in [0.29, 0.717) is 17.0 Å². The van der Waals surface area contributed by atoms with Crippen LogP contribution in [0.2, 0.25) is 10.0 Å². The van der Waals surface area contributed by atoms with Gasteiger partial charge < -0.3 is 5.32 Å². The van der Waals surface area contributed by atoms with Crippen molar-refractivity contribution in [3.05, 3.63) is 69.7 Å². The molecule has 1 N–H and O–H groups in total. The molecule has 2 unspecified atom stereocenters. The van der Waals surface area contributed by atoms with Crippen molar-refractivity contribution in [3.63, 3.8) is 0 Å². The first-order valence-corrected chi connectivity index (χ1v) is 7.53. The maximum absolute atomic E-state index is 6.27. The van der Waals surface area contributed by atoms with Gasteiger partial charge in [0.2, 0.25) is 0 Å². The summed E-state index contributed by atoms with van der Waals surface area (Å²) >= 11 is 12.2. The van der Waals surface area contributed by atoms with Crippen LogP contribution in [0.3, 0.4) is 0 Å². The zero-order chi connectivity index (χ0) is 14.5. The summed E-state index contributed by atoms with van der Waals surface area (Å²) in [5.74, 6) is 0.410. The van der Waals surface area contributed by atoms with Crippen LogP contribution < -0.4 is 5.32 Å². The van der Waals surface area contributed by atoms with E-state index in [9.17, 15) is 0 Å². The van der Waals surface area contributed by atoms with Crippen LogP contribution >= 0.6 is 23.2 Å². The smallest absolute Gasteiger partial charge is 0.0453 e. The summed E-state index contributed by atoms with van der Waals surface area (Å²) in [7, 11) is 1.99. The predicted octanol–water partition coefficient (Wildman–Crippen LogP) is 4.93. The Kier molecular flexibility index (Phi) is 5.47. The molecule has 0 radical (unpaired) electrons. The van der Waals surface area contributed by atoms with Crippen molar-refractivity contribution in [3.8, 4) is 0 Å². The molecule has 20 heavy (non-hydrogen) atoms. The van der Waals surface area contributed by atoms with Crippen LogP contribution in [0.5, 0.6) is 0 Å². The van der Waals surface area contributed by atoms with Crippen LogP contribution in [0.4, 0.5) is 0 Å². The van der Waals surface area contributed by atoms with Crippen molar-refractivity contribution >= 4 is 23.2 Å². The van der Waals surface area contributed by atoms with Gasteiger partial charge in [0.05, 0.1) is 0 Å². The summed E-state index contributed by atoms with van der Waals surface area (Å²) < 4.78 is 0. The second kappa shape index (κ2) is 7.12. The molecule has 2 rings (SSSR count). The molecule has 0 bridgehead atoms. The molecule has 3 heteroatoms. The number of benzene rings is 2. The van der Waals surface area contributed by atoms with Crippen molar-refractivity contribution in [2.75, 3.05) is 7.05 Å². The van der Waals surface area contributed by atoms with Gasteiger partial charge in [-0.3, -0.25) is 0 Å². The SMILES string of the molecule is CNC(Cc1ccc(Cl)cc1Cl)C(C)c1ccccc1. The van der Waals surface area contributed by atoms with Gasteiger partial charge in [-0.1, -0.05) is 66.5 Å². The van der Waals surface area contributed by atoms with Crippen molar-refractivity contribution in [2.24, 2.45) is 0 Å².